The van der Waals surface area contributed by atoms with E-state index in [1.165, 1.54) is 0 Å². The molecule has 0 aromatic carbocycles. The van der Waals surface area contributed by atoms with Gasteiger partial charge in [-0.3, -0.25) is 4.79 Å². The number of aliphatic hydroxyl groups excluding tert-OH is 1. The van der Waals surface area contributed by atoms with Crippen LogP contribution in [0.5, 0.6) is 0 Å². The van der Waals surface area contributed by atoms with E-state index in [1.807, 2.05) is 18.0 Å². The number of hydrogen-bond acceptors (Lipinski definition) is 4. The van der Waals surface area contributed by atoms with E-state index in [4.69, 9.17) is 5.11 Å². The van der Waals surface area contributed by atoms with Gasteiger partial charge in [-0.25, -0.2) is 4.98 Å². The fourth-order valence-electron chi connectivity index (χ4n) is 2.15. The molecule has 2 N–H and O–H groups in total. The molecular weight excluding hydrogens is 230 g/mol. The number of rotatable bonds is 3. The summed E-state index contributed by atoms with van der Waals surface area (Å²) in [4.78, 5) is 18.1. The van der Waals surface area contributed by atoms with E-state index < -0.39 is 0 Å². The molecule has 1 aromatic heterocycles. The van der Waals surface area contributed by atoms with Crippen LogP contribution in [0.2, 0.25) is 0 Å². The monoisotopic (exact) mass is 249 g/mol. The van der Waals surface area contributed by atoms with Crippen LogP contribution >= 0.6 is 0 Å². The number of pyridine rings is 1. The van der Waals surface area contributed by atoms with Crippen molar-refractivity contribution in [3.8, 4) is 0 Å². The van der Waals surface area contributed by atoms with Crippen molar-refractivity contribution in [3.63, 3.8) is 0 Å². The van der Waals surface area contributed by atoms with Crippen LogP contribution in [0.15, 0.2) is 18.3 Å². The van der Waals surface area contributed by atoms with Crippen molar-refractivity contribution in [1.29, 1.82) is 0 Å². The molecule has 0 radical (unpaired) electrons. The first-order valence-corrected chi connectivity index (χ1v) is 6.28. The second-order valence-corrected chi connectivity index (χ2v) is 4.60. The summed E-state index contributed by atoms with van der Waals surface area (Å²) in [5.74, 6) is 0.322. The van der Waals surface area contributed by atoms with Crippen molar-refractivity contribution in [2.45, 2.75) is 12.8 Å². The van der Waals surface area contributed by atoms with Gasteiger partial charge in [0, 0.05) is 26.7 Å². The highest BCUT2D eigenvalue weighted by atomic mass is 16.3. The fourth-order valence-corrected chi connectivity index (χ4v) is 2.15. The van der Waals surface area contributed by atoms with E-state index >= 15 is 0 Å². The van der Waals surface area contributed by atoms with E-state index in [9.17, 15) is 4.79 Å². The summed E-state index contributed by atoms with van der Waals surface area (Å²) in [6.07, 6.45) is 3.40. The first-order chi connectivity index (χ1) is 8.74. The number of piperidine rings is 1. The topological polar surface area (TPSA) is 65.5 Å². The van der Waals surface area contributed by atoms with Gasteiger partial charge >= 0.3 is 0 Å². The normalized spacial score (nSPS) is 16.7. The summed E-state index contributed by atoms with van der Waals surface area (Å²) < 4.78 is 0. The zero-order valence-corrected chi connectivity index (χ0v) is 10.6. The molecule has 2 rings (SSSR count). The smallest absolute Gasteiger partial charge is 0.272 e. The Labute approximate surface area is 107 Å². The number of hydrogen-bond donors (Lipinski definition) is 2. The first kappa shape index (κ1) is 12.8. The molecule has 1 amide bonds. The highest BCUT2D eigenvalue weighted by molar-refractivity contribution is 5.92. The lowest BCUT2D eigenvalue weighted by Crippen LogP contribution is -2.39. The first-order valence-electron chi connectivity index (χ1n) is 6.28. The number of carbonyl (C=O) groups is 1. The largest absolute Gasteiger partial charge is 0.396 e. The molecule has 1 fully saturated rings. The van der Waals surface area contributed by atoms with Crippen molar-refractivity contribution in [2.75, 3.05) is 32.1 Å². The van der Waals surface area contributed by atoms with Gasteiger partial charge in [0.1, 0.15) is 5.69 Å². The van der Waals surface area contributed by atoms with Gasteiger partial charge in [0.05, 0.1) is 11.9 Å². The molecule has 0 saturated carbocycles. The maximum absolute atomic E-state index is 12.2. The van der Waals surface area contributed by atoms with Crippen LogP contribution < -0.4 is 5.32 Å². The Morgan fingerprint density at radius 2 is 2.22 bits per heavy atom. The van der Waals surface area contributed by atoms with Crippen molar-refractivity contribution in [3.05, 3.63) is 24.0 Å². The summed E-state index contributed by atoms with van der Waals surface area (Å²) in [5, 5.41) is 12.0. The zero-order chi connectivity index (χ0) is 13.0. The number of nitrogens with one attached hydrogen (secondary N) is 1. The van der Waals surface area contributed by atoms with Gasteiger partial charge in [-0.05, 0) is 30.9 Å². The average Bonchev–Trinajstić information content (AvgIpc) is 2.47. The zero-order valence-electron chi connectivity index (χ0n) is 10.6. The van der Waals surface area contributed by atoms with Gasteiger partial charge in [0.25, 0.3) is 5.91 Å². The van der Waals surface area contributed by atoms with E-state index in [2.05, 4.69) is 10.3 Å². The van der Waals surface area contributed by atoms with Gasteiger partial charge in [-0.2, -0.15) is 0 Å². The van der Waals surface area contributed by atoms with Gasteiger partial charge in [-0.1, -0.05) is 0 Å². The molecule has 0 aliphatic carbocycles. The molecular formula is C13H19N3O2. The third kappa shape index (κ3) is 2.79. The Bertz CT molecular complexity index is 397. The minimum absolute atomic E-state index is 0.0194. The molecule has 0 atom stereocenters. The van der Waals surface area contributed by atoms with Gasteiger partial charge < -0.3 is 15.3 Å². The Balaban J connectivity index is 1.98. The number of aromatic nitrogens is 1. The quantitative estimate of drug-likeness (QED) is 0.837. The molecule has 5 heteroatoms. The summed E-state index contributed by atoms with van der Waals surface area (Å²) in [6.45, 7) is 1.64. The highest BCUT2D eigenvalue weighted by Crippen LogP contribution is 2.18. The van der Waals surface area contributed by atoms with Crippen LogP contribution in [0, 0.1) is 5.92 Å². The summed E-state index contributed by atoms with van der Waals surface area (Å²) >= 11 is 0. The lowest BCUT2D eigenvalue weighted by molar-refractivity contribution is 0.0645. The molecule has 5 nitrogen and oxygen atoms in total. The summed E-state index contributed by atoms with van der Waals surface area (Å²) in [6, 6.07) is 3.59. The van der Waals surface area contributed by atoms with Crippen molar-refractivity contribution in [1.82, 2.24) is 9.88 Å². The SMILES string of the molecule is CNc1ccc(C(=O)N2CCC(CO)CC2)nc1. The third-order valence-electron chi connectivity index (χ3n) is 3.43. The standard InChI is InChI=1S/C13H19N3O2/c1-14-11-2-3-12(15-8-11)13(18)16-6-4-10(9-17)5-7-16/h2-3,8,10,14,17H,4-7,9H2,1H3. The summed E-state index contributed by atoms with van der Waals surface area (Å²) in [5.41, 5.74) is 1.38. The van der Waals surface area contributed by atoms with Crippen molar-refractivity contribution >= 4 is 11.6 Å². The maximum Gasteiger partial charge on any atom is 0.272 e. The van der Waals surface area contributed by atoms with E-state index in [0.29, 0.717) is 24.7 Å². The minimum Gasteiger partial charge on any atom is -0.396 e. The molecule has 0 bridgehead atoms. The fraction of sp³-hybridized carbons (Fsp3) is 0.538. The molecule has 1 saturated heterocycles. The predicted octanol–water partition coefficient (Wildman–Crippen LogP) is 0.968. The van der Waals surface area contributed by atoms with Crippen LogP contribution in [0.1, 0.15) is 23.3 Å². The molecule has 0 unspecified atom stereocenters. The maximum atomic E-state index is 12.2. The van der Waals surface area contributed by atoms with Crippen molar-refractivity contribution < 1.29 is 9.90 Å². The van der Waals surface area contributed by atoms with Crippen LogP contribution in [0.3, 0.4) is 0 Å². The molecule has 1 aromatic rings. The second-order valence-electron chi connectivity index (χ2n) is 4.60. The molecule has 2 heterocycles. The van der Waals surface area contributed by atoms with Gasteiger partial charge in [0.15, 0.2) is 0 Å². The van der Waals surface area contributed by atoms with E-state index in [-0.39, 0.29) is 12.5 Å². The van der Waals surface area contributed by atoms with Crippen molar-refractivity contribution in [2.24, 2.45) is 5.92 Å². The molecule has 1 aliphatic heterocycles. The Morgan fingerprint density at radius 3 is 2.72 bits per heavy atom. The number of amides is 1. The number of aliphatic hydroxyl groups is 1. The van der Waals surface area contributed by atoms with Gasteiger partial charge in [0.2, 0.25) is 0 Å². The third-order valence-corrected chi connectivity index (χ3v) is 3.43. The van der Waals surface area contributed by atoms with E-state index in [1.54, 1.807) is 12.3 Å². The lowest BCUT2D eigenvalue weighted by atomic mass is 9.98. The minimum atomic E-state index is -0.0194. The Hall–Kier alpha value is -1.62. The molecule has 18 heavy (non-hydrogen) atoms. The highest BCUT2D eigenvalue weighted by Gasteiger charge is 2.23. The summed E-state index contributed by atoms with van der Waals surface area (Å²) in [7, 11) is 1.82. The number of carbonyl (C=O) groups excluding carboxylic acids is 1. The van der Waals surface area contributed by atoms with Crippen LogP contribution in [-0.2, 0) is 0 Å². The number of nitrogens with zero attached hydrogens (tertiary/aromatic N) is 2. The second kappa shape index (κ2) is 5.82. The van der Waals surface area contributed by atoms with Crippen LogP contribution in [0.4, 0.5) is 5.69 Å². The lowest BCUT2D eigenvalue weighted by Gasteiger charge is -2.30. The molecule has 98 valence electrons. The van der Waals surface area contributed by atoms with E-state index in [0.717, 1.165) is 18.5 Å². The Kier molecular flexibility index (Phi) is 4.15. The molecule has 0 spiro atoms. The van der Waals surface area contributed by atoms with Gasteiger partial charge in [-0.15, -0.1) is 0 Å². The number of anilines is 1. The number of likely N-dealkylation sites (tertiary alicyclic amines) is 1. The average molecular weight is 249 g/mol. The predicted molar refractivity (Wildman–Crippen MR) is 69.5 cm³/mol. The van der Waals surface area contributed by atoms with Crippen LogP contribution in [-0.4, -0.2) is 47.6 Å². The Morgan fingerprint density at radius 1 is 1.50 bits per heavy atom. The van der Waals surface area contributed by atoms with Crippen LogP contribution in [0.25, 0.3) is 0 Å². The molecule has 1 aliphatic rings.